The lowest BCUT2D eigenvalue weighted by atomic mass is 10.1. The van der Waals surface area contributed by atoms with Crippen LogP contribution < -0.4 is 0 Å². The molecule has 0 spiro atoms. The van der Waals surface area contributed by atoms with E-state index in [1.54, 1.807) is 0 Å². The third kappa shape index (κ3) is 2.87. The number of hydrogen-bond acceptors (Lipinski definition) is 3. The normalized spacial score (nSPS) is 17.5. The van der Waals surface area contributed by atoms with Crippen LogP contribution in [0.3, 0.4) is 0 Å². The number of imide groups is 1. The van der Waals surface area contributed by atoms with E-state index in [9.17, 15) is 9.59 Å². The lowest BCUT2D eigenvalue weighted by Crippen LogP contribution is -2.27. The zero-order chi connectivity index (χ0) is 10.6. The Bertz CT molecular complexity index is 242. The summed E-state index contributed by atoms with van der Waals surface area (Å²) in [5, 5.41) is 0.830. The van der Waals surface area contributed by atoms with Crippen molar-refractivity contribution in [1.29, 1.82) is 0 Å². The molecule has 0 aromatic rings. The Labute approximate surface area is 83.5 Å². The monoisotopic (exact) mass is 197 g/mol. The molecule has 4 nitrogen and oxygen atoms in total. The molecule has 0 aromatic heterocycles. The zero-order valence-electron chi connectivity index (χ0n) is 8.53. The first-order valence-corrected chi connectivity index (χ1v) is 4.79. The molecular formula is C10H15NO3. The second-order valence-electron chi connectivity index (χ2n) is 3.69. The van der Waals surface area contributed by atoms with E-state index in [0.717, 1.165) is 11.5 Å². The topological polar surface area (TPSA) is 46.6 Å². The van der Waals surface area contributed by atoms with Crippen LogP contribution in [0, 0.1) is 5.92 Å². The van der Waals surface area contributed by atoms with Crippen LogP contribution >= 0.6 is 0 Å². The summed E-state index contributed by atoms with van der Waals surface area (Å²) in [6, 6.07) is 0. The van der Waals surface area contributed by atoms with Crippen molar-refractivity contribution in [3.05, 3.63) is 12.3 Å². The van der Waals surface area contributed by atoms with Crippen LogP contribution in [0.5, 0.6) is 0 Å². The van der Waals surface area contributed by atoms with Gasteiger partial charge in [0, 0.05) is 12.8 Å². The summed E-state index contributed by atoms with van der Waals surface area (Å²) in [6.45, 7) is 4.16. The van der Waals surface area contributed by atoms with Crippen molar-refractivity contribution in [3.63, 3.8) is 0 Å². The lowest BCUT2D eigenvalue weighted by molar-refractivity contribution is -0.172. The molecule has 78 valence electrons. The van der Waals surface area contributed by atoms with Crippen LogP contribution in [-0.4, -0.2) is 16.9 Å². The van der Waals surface area contributed by atoms with Gasteiger partial charge in [0.05, 0.1) is 0 Å². The van der Waals surface area contributed by atoms with Crippen LogP contribution in [0.1, 0.15) is 33.1 Å². The highest BCUT2D eigenvalue weighted by Crippen LogP contribution is 2.12. The molecule has 0 atom stereocenters. The highest BCUT2D eigenvalue weighted by Gasteiger charge is 2.30. The van der Waals surface area contributed by atoms with Gasteiger partial charge < -0.3 is 4.84 Å². The SMILES string of the molecule is CC(C)C/C=C\ON1C(=O)CCC1=O. The van der Waals surface area contributed by atoms with Gasteiger partial charge in [-0.2, -0.15) is 0 Å². The van der Waals surface area contributed by atoms with E-state index >= 15 is 0 Å². The number of hydroxylamine groups is 2. The van der Waals surface area contributed by atoms with Crippen molar-refractivity contribution in [2.45, 2.75) is 33.1 Å². The first-order chi connectivity index (χ1) is 6.61. The average molecular weight is 197 g/mol. The Balaban J connectivity index is 2.33. The van der Waals surface area contributed by atoms with E-state index in [4.69, 9.17) is 4.84 Å². The van der Waals surface area contributed by atoms with Gasteiger partial charge in [0.1, 0.15) is 6.26 Å². The van der Waals surface area contributed by atoms with E-state index < -0.39 is 0 Å². The molecule has 0 aromatic carbocycles. The number of carbonyl (C=O) groups is 2. The molecule has 1 rings (SSSR count). The van der Waals surface area contributed by atoms with Crippen LogP contribution in [0.15, 0.2) is 12.3 Å². The predicted octanol–water partition coefficient (Wildman–Crippen LogP) is 1.63. The predicted molar refractivity (Wildman–Crippen MR) is 50.8 cm³/mol. The Morgan fingerprint density at radius 2 is 1.93 bits per heavy atom. The fourth-order valence-corrected chi connectivity index (χ4v) is 1.11. The number of rotatable bonds is 4. The van der Waals surface area contributed by atoms with Gasteiger partial charge in [-0.1, -0.05) is 13.8 Å². The van der Waals surface area contributed by atoms with Gasteiger partial charge in [0.25, 0.3) is 11.8 Å². The second kappa shape index (κ2) is 4.79. The minimum absolute atomic E-state index is 0.260. The summed E-state index contributed by atoms with van der Waals surface area (Å²) >= 11 is 0. The van der Waals surface area contributed by atoms with Gasteiger partial charge in [-0.15, -0.1) is 5.06 Å². The average Bonchev–Trinajstić information content (AvgIpc) is 2.42. The molecule has 0 saturated carbocycles. The van der Waals surface area contributed by atoms with Gasteiger partial charge in [0.2, 0.25) is 0 Å². The van der Waals surface area contributed by atoms with Gasteiger partial charge >= 0.3 is 0 Å². The molecule has 0 unspecified atom stereocenters. The number of allylic oxidation sites excluding steroid dienone is 1. The summed E-state index contributed by atoms with van der Waals surface area (Å²) in [5.74, 6) is 0.0215. The summed E-state index contributed by atoms with van der Waals surface area (Å²) in [5.41, 5.74) is 0. The minimum Gasteiger partial charge on any atom is -0.377 e. The molecule has 0 radical (unpaired) electrons. The summed E-state index contributed by atoms with van der Waals surface area (Å²) in [7, 11) is 0. The van der Waals surface area contributed by atoms with Gasteiger partial charge in [-0.05, 0) is 18.4 Å². The Morgan fingerprint density at radius 1 is 1.36 bits per heavy atom. The molecule has 1 aliphatic rings. The Morgan fingerprint density at radius 3 is 2.43 bits per heavy atom. The molecule has 0 N–H and O–H groups in total. The Kier molecular flexibility index (Phi) is 3.68. The van der Waals surface area contributed by atoms with Crippen molar-refractivity contribution in [1.82, 2.24) is 5.06 Å². The van der Waals surface area contributed by atoms with Crippen LogP contribution in [0.2, 0.25) is 0 Å². The van der Waals surface area contributed by atoms with E-state index in [1.165, 1.54) is 6.26 Å². The van der Waals surface area contributed by atoms with Crippen LogP contribution in [0.4, 0.5) is 0 Å². The van der Waals surface area contributed by atoms with Crippen LogP contribution in [0.25, 0.3) is 0 Å². The maximum absolute atomic E-state index is 11.1. The van der Waals surface area contributed by atoms with E-state index in [-0.39, 0.29) is 24.7 Å². The smallest absolute Gasteiger partial charge is 0.263 e. The Hall–Kier alpha value is -1.32. The van der Waals surface area contributed by atoms with Crippen molar-refractivity contribution in [2.75, 3.05) is 0 Å². The summed E-state index contributed by atoms with van der Waals surface area (Å²) in [4.78, 5) is 27.0. The molecular weight excluding hydrogens is 182 g/mol. The van der Waals surface area contributed by atoms with Crippen LogP contribution in [-0.2, 0) is 14.4 Å². The second-order valence-corrected chi connectivity index (χ2v) is 3.69. The molecule has 0 bridgehead atoms. The van der Waals surface area contributed by atoms with Crippen molar-refractivity contribution in [3.8, 4) is 0 Å². The molecule has 14 heavy (non-hydrogen) atoms. The summed E-state index contributed by atoms with van der Waals surface area (Å²) < 4.78 is 0. The quantitative estimate of drug-likeness (QED) is 0.508. The summed E-state index contributed by atoms with van der Waals surface area (Å²) in [6.07, 6.45) is 4.61. The largest absolute Gasteiger partial charge is 0.377 e. The molecule has 1 saturated heterocycles. The molecule has 0 aliphatic carbocycles. The maximum Gasteiger partial charge on any atom is 0.263 e. The molecule has 2 amide bonds. The third-order valence-electron chi connectivity index (χ3n) is 1.88. The van der Waals surface area contributed by atoms with Crippen molar-refractivity contribution in [2.24, 2.45) is 5.92 Å². The van der Waals surface area contributed by atoms with E-state index in [2.05, 4.69) is 13.8 Å². The maximum atomic E-state index is 11.1. The fraction of sp³-hybridized carbons (Fsp3) is 0.600. The molecule has 1 aliphatic heterocycles. The van der Waals surface area contributed by atoms with Gasteiger partial charge in [-0.3, -0.25) is 9.59 Å². The number of nitrogens with zero attached hydrogens (tertiary/aromatic N) is 1. The lowest BCUT2D eigenvalue weighted by Gasteiger charge is -2.10. The third-order valence-corrected chi connectivity index (χ3v) is 1.88. The standard InChI is InChI=1S/C10H15NO3/c1-8(2)4-3-7-14-11-9(12)5-6-10(11)13/h3,7-8H,4-6H2,1-2H3/b7-3-. The highest BCUT2D eigenvalue weighted by atomic mass is 16.7. The molecule has 1 fully saturated rings. The molecule has 1 heterocycles. The minimum atomic E-state index is -0.260. The van der Waals surface area contributed by atoms with E-state index in [0.29, 0.717) is 5.92 Å². The van der Waals surface area contributed by atoms with Crippen molar-refractivity contribution >= 4 is 11.8 Å². The highest BCUT2D eigenvalue weighted by molar-refractivity contribution is 6.00. The zero-order valence-corrected chi connectivity index (χ0v) is 8.53. The number of carbonyl (C=O) groups excluding carboxylic acids is 2. The first-order valence-electron chi connectivity index (χ1n) is 4.79. The van der Waals surface area contributed by atoms with Crippen molar-refractivity contribution < 1.29 is 14.4 Å². The first kappa shape index (κ1) is 10.8. The van der Waals surface area contributed by atoms with Gasteiger partial charge in [0.15, 0.2) is 0 Å². The van der Waals surface area contributed by atoms with E-state index in [1.807, 2.05) is 6.08 Å². The fourth-order valence-electron chi connectivity index (χ4n) is 1.11. The number of hydrogen-bond donors (Lipinski definition) is 0. The number of amides is 2. The van der Waals surface area contributed by atoms with Gasteiger partial charge in [-0.25, -0.2) is 0 Å². The molecule has 4 heteroatoms.